The fourth-order valence-electron chi connectivity index (χ4n) is 1.87. The number of aromatic amines is 1. The van der Waals surface area contributed by atoms with Crippen molar-refractivity contribution < 1.29 is 8.42 Å². The van der Waals surface area contributed by atoms with Gasteiger partial charge in [0.15, 0.2) is 15.7 Å². The summed E-state index contributed by atoms with van der Waals surface area (Å²) in [6.45, 7) is 0. The summed E-state index contributed by atoms with van der Waals surface area (Å²) < 4.78 is 22.8. The van der Waals surface area contributed by atoms with Gasteiger partial charge in [-0.1, -0.05) is 11.6 Å². The van der Waals surface area contributed by atoms with E-state index in [2.05, 4.69) is 9.97 Å². The predicted octanol–water partition coefficient (Wildman–Crippen LogP) is 0.0466. The summed E-state index contributed by atoms with van der Waals surface area (Å²) in [6, 6.07) is -0.174. The zero-order valence-corrected chi connectivity index (χ0v) is 10.8. The van der Waals surface area contributed by atoms with E-state index in [1.165, 1.54) is 6.33 Å². The van der Waals surface area contributed by atoms with Gasteiger partial charge in [0.1, 0.15) is 5.02 Å². The summed E-state index contributed by atoms with van der Waals surface area (Å²) in [5, 5.41) is -0.0145. The third-order valence-corrected chi connectivity index (χ3v) is 4.96. The van der Waals surface area contributed by atoms with Crippen LogP contribution >= 0.6 is 11.6 Å². The number of sulfone groups is 1. The van der Waals surface area contributed by atoms with Gasteiger partial charge in [0.25, 0.3) is 5.56 Å². The van der Waals surface area contributed by atoms with E-state index in [0.717, 1.165) is 0 Å². The molecule has 0 aliphatic carbocycles. The van der Waals surface area contributed by atoms with Gasteiger partial charge in [-0.3, -0.25) is 4.79 Å². The summed E-state index contributed by atoms with van der Waals surface area (Å²) in [4.78, 5) is 19.3. The summed E-state index contributed by atoms with van der Waals surface area (Å²) >= 11 is 5.84. The number of aromatic nitrogens is 2. The molecule has 1 aliphatic rings. The van der Waals surface area contributed by atoms with E-state index in [4.69, 9.17) is 11.6 Å². The topological polar surface area (TPSA) is 83.1 Å². The molecule has 0 saturated carbocycles. The highest BCUT2D eigenvalue weighted by atomic mass is 35.5. The van der Waals surface area contributed by atoms with Crippen LogP contribution in [0.4, 0.5) is 5.82 Å². The van der Waals surface area contributed by atoms with Crippen LogP contribution in [0.5, 0.6) is 0 Å². The largest absolute Gasteiger partial charge is 0.354 e. The van der Waals surface area contributed by atoms with Crippen LogP contribution in [-0.2, 0) is 9.84 Å². The standard InChI is InChI=1S/C9H12ClN3O3S/c1-13(6-2-3-17(15,16)4-6)8-7(10)9(14)12-5-11-8/h5-6H,2-4H2,1H3,(H,11,12,14). The highest BCUT2D eigenvalue weighted by Crippen LogP contribution is 2.24. The third kappa shape index (κ3) is 2.44. The lowest BCUT2D eigenvalue weighted by Gasteiger charge is -2.24. The van der Waals surface area contributed by atoms with Gasteiger partial charge in [0.2, 0.25) is 0 Å². The SMILES string of the molecule is CN(c1nc[nH]c(=O)c1Cl)C1CCS(=O)(=O)C1. The van der Waals surface area contributed by atoms with Crippen LogP contribution in [0.1, 0.15) is 6.42 Å². The van der Waals surface area contributed by atoms with Crippen LogP contribution in [-0.4, -0.2) is 43.0 Å². The van der Waals surface area contributed by atoms with E-state index in [9.17, 15) is 13.2 Å². The second-order valence-electron chi connectivity index (χ2n) is 4.04. The highest BCUT2D eigenvalue weighted by Gasteiger charge is 2.32. The van der Waals surface area contributed by atoms with Crippen molar-refractivity contribution in [3.05, 3.63) is 21.7 Å². The molecule has 2 rings (SSSR count). The zero-order valence-electron chi connectivity index (χ0n) is 9.18. The molecular weight excluding hydrogens is 266 g/mol. The minimum absolute atomic E-state index is 0.0145. The van der Waals surface area contributed by atoms with Crippen molar-refractivity contribution in [3.8, 4) is 0 Å². The first-order valence-corrected chi connectivity index (χ1v) is 7.27. The van der Waals surface area contributed by atoms with Crippen LogP contribution in [0.2, 0.25) is 5.02 Å². The molecule has 1 aromatic heterocycles. The van der Waals surface area contributed by atoms with Crippen molar-refractivity contribution in [3.63, 3.8) is 0 Å². The normalized spacial score (nSPS) is 22.6. The third-order valence-electron chi connectivity index (χ3n) is 2.87. The minimum Gasteiger partial charge on any atom is -0.354 e. The molecule has 6 nitrogen and oxygen atoms in total. The van der Waals surface area contributed by atoms with E-state index in [0.29, 0.717) is 12.2 Å². The highest BCUT2D eigenvalue weighted by molar-refractivity contribution is 7.91. The molecule has 1 aliphatic heterocycles. The molecule has 1 atom stereocenters. The minimum atomic E-state index is -2.97. The molecular formula is C9H12ClN3O3S. The lowest BCUT2D eigenvalue weighted by molar-refractivity contribution is 0.600. The van der Waals surface area contributed by atoms with Gasteiger partial charge in [-0.05, 0) is 6.42 Å². The van der Waals surface area contributed by atoms with E-state index in [-0.39, 0.29) is 22.6 Å². The maximum atomic E-state index is 11.4. The van der Waals surface area contributed by atoms with Crippen LogP contribution in [0, 0.1) is 0 Å². The molecule has 1 fully saturated rings. The Morgan fingerprint density at radius 3 is 2.88 bits per heavy atom. The van der Waals surface area contributed by atoms with Crippen molar-refractivity contribution in [2.24, 2.45) is 0 Å². The first-order chi connectivity index (χ1) is 7.91. The second kappa shape index (κ2) is 4.30. The molecule has 1 saturated heterocycles. The van der Waals surface area contributed by atoms with Crippen LogP contribution in [0.3, 0.4) is 0 Å². The molecule has 8 heteroatoms. The summed E-state index contributed by atoms with van der Waals surface area (Å²) in [7, 11) is -1.28. The first-order valence-electron chi connectivity index (χ1n) is 5.07. The molecule has 1 unspecified atom stereocenters. The molecule has 94 valence electrons. The number of anilines is 1. The molecule has 1 N–H and O–H groups in total. The van der Waals surface area contributed by atoms with Crippen molar-refractivity contribution in [2.75, 3.05) is 23.5 Å². The molecule has 0 amide bonds. The molecule has 17 heavy (non-hydrogen) atoms. The smallest absolute Gasteiger partial charge is 0.271 e. The Balaban J connectivity index is 2.29. The van der Waals surface area contributed by atoms with Gasteiger partial charge in [-0.15, -0.1) is 0 Å². The molecule has 1 aromatic rings. The van der Waals surface area contributed by atoms with E-state index in [1.54, 1.807) is 11.9 Å². The Bertz CT molecular complexity index is 583. The Morgan fingerprint density at radius 1 is 1.59 bits per heavy atom. The Labute approximate surface area is 104 Å². The van der Waals surface area contributed by atoms with E-state index in [1.807, 2.05) is 0 Å². The molecule has 0 spiro atoms. The van der Waals surface area contributed by atoms with Gasteiger partial charge >= 0.3 is 0 Å². The first kappa shape index (κ1) is 12.4. The zero-order chi connectivity index (χ0) is 12.6. The van der Waals surface area contributed by atoms with Gasteiger partial charge in [0.05, 0.1) is 17.8 Å². The van der Waals surface area contributed by atoms with Gasteiger partial charge in [0, 0.05) is 13.1 Å². The lowest BCUT2D eigenvalue weighted by atomic mass is 10.2. The van der Waals surface area contributed by atoms with Crippen molar-refractivity contribution in [2.45, 2.75) is 12.5 Å². The fraction of sp³-hybridized carbons (Fsp3) is 0.556. The molecule has 0 radical (unpaired) electrons. The van der Waals surface area contributed by atoms with Crippen LogP contribution in [0.15, 0.2) is 11.1 Å². The van der Waals surface area contributed by atoms with Crippen molar-refractivity contribution >= 4 is 27.3 Å². The number of hydrogen-bond acceptors (Lipinski definition) is 5. The van der Waals surface area contributed by atoms with Gasteiger partial charge in [-0.2, -0.15) is 0 Å². The van der Waals surface area contributed by atoms with Crippen LogP contribution < -0.4 is 10.5 Å². The summed E-state index contributed by atoms with van der Waals surface area (Å²) in [5.74, 6) is 0.564. The van der Waals surface area contributed by atoms with Gasteiger partial charge < -0.3 is 9.88 Å². The van der Waals surface area contributed by atoms with Crippen molar-refractivity contribution in [1.29, 1.82) is 0 Å². The summed E-state index contributed by atoms with van der Waals surface area (Å²) in [5.41, 5.74) is -0.427. The van der Waals surface area contributed by atoms with Crippen molar-refractivity contribution in [1.82, 2.24) is 9.97 Å². The lowest BCUT2D eigenvalue weighted by Crippen LogP contribution is -2.34. The maximum absolute atomic E-state index is 11.4. The molecule has 0 aromatic carbocycles. The van der Waals surface area contributed by atoms with Gasteiger partial charge in [-0.25, -0.2) is 13.4 Å². The number of nitrogens with one attached hydrogen (secondary N) is 1. The summed E-state index contributed by atoms with van der Waals surface area (Å²) in [6.07, 6.45) is 1.78. The Morgan fingerprint density at radius 2 is 2.29 bits per heavy atom. The number of hydrogen-bond donors (Lipinski definition) is 1. The maximum Gasteiger partial charge on any atom is 0.271 e. The number of rotatable bonds is 2. The second-order valence-corrected chi connectivity index (χ2v) is 6.64. The Kier molecular flexibility index (Phi) is 3.13. The number of H-pyrrole nitrogens is 1. The predicted molar refractivity (Wildman–Crippen MR) is 65.3 cm³/mol. The monoisotopic (exact) mass is 277 g/mol. The number of halogens is 1. The number of nitrogens with zero attached hydrogens (tertiary/aromatic N) is 2. The average molecular weight is 278 g/mol. The fourth-order valence-corrected chi connectivity index (χ4v) is 3.88. The molecule has 0 bridgehead atoms. The van der Waals surface area contributed by atoms with E-state index < -0.39 is 15.4 Å². The quantitative estimate of drug-likeness (QED) is 0.826. The molecule has 2 heterocycles. The van der Waals surface area contributed by atoms with E-state index >= 15 is 0 Å². The Hall–Kier alpha value is -1.08. The van der Waals surface area contributed by atoms with Crippen LogP contribution in [0.25, 0.3) is 0 Å². The average Bonchev–Trinajstić information content (AvgIpc) is 2.62.